The fourth-order valence-electron chi connectivity index (χ4n) is 2.44. The number of rotatable bonds is 4. The zero-order valence-corrected chi connectivity index (χ0v) is 15.9. The molecule has 7 heteroatoms. The zero-order chi connectivity index (χ0) is 18.0. The molecule has 0 atom stereocenters. The molecule has 0 spiro atoms. The third kappa shape index (κ3) is 3.75. The number of nitrogens with one attached hydrogen (secondary N) is 1. The van der Waals surface area contributed by atoms with Gasteiger partial charge in [0.1, 0.15) is 23.9 Å². The Kier molecular flexibility index (Phi) is 5.20. The summed E-state index contributed by atoms with van der Waals surface area (Å²) in [6.07, 6.45) is 1.80. The van der Waals surface area contributed by atoms with Crippen molar-refractivity contribution in [1.29, 1.82) is 0 Å². The Morgan fingerprint density at radius 1 is 1.20 bits per heavy atom. The molecule has 0 fully saturated rings. The highest BCUT2D eigenvalue weighted by Crippen LogP contribution is 2.36. The lowest BCUT2D eigenvalue weighted by atomic mass is 10.1. The van der Waals surface area contributed by atoms with Gasteiger partial charge in [-0.1, -0.05) is 27.5 Å². The van der Waals surface area contributed by atoms with Crippen LogP contribution < -0.4 is 19.5 Å². The molecule has 5 nitrogen and oxygen atoms in total. The molecule has 1 heterocycles. The molecule has 0 saturated heterocycles. The third-order valence-corrected chi connectivity index (χ3v) is 4.49. The standard InChI is InChI=1S/C18H15BrClNO4/c1-23-16-8-14(17(24-2)7-13(16)20)21-18(22)11-5-10-6-12(19)3-4-15(10)25-9-11/h3-8H,9H2,1-2H3,(H,21,22). The number of hydrogen-bond donors (Lipinski definition) is 1. The van der Waals surface area contributed by atoms with Crippen LogP contribution in [0.2, 0.25) is 5.02 Å². The number of fused-ring (bicyclic) bond motifs is 1. The predicted octanol–water partition coefficient (Wildman–Crippen LogP) is 4.53. The minimum absolute atomic E-state index is 0.188. The van der Waals surface area contributed by atoms with Gasteiger partial charge in [-0.25, -0.2) is 0 Å². The van der Waals surface area contributed by atoms with Crippen LogP contribution in [0.3, 0.4) is 0 Å². The van der Waals surface area contributed by atoms with Crippen molar-refractivity contribution in [2.24, 2.45) is 0 Å². The molecule has 3 rings (SSSR count). The summed E-state index contributed by atoms with van der Waals surface area (Å²) in [6.45, 7) is 0.188. The average molecular weight is 425 g/mol. The van der Waals surface area contributed by atoms with Gasteiger partial charge in [0, 0.05) is 22.2 Å². The number of carbonyl (C=O) groups excluding carboxylic acids is 1. The van der Waals surface area contributed by atoms with Crippen molar-refractivity contribution in [3.63, 3.8) is 0 Å². The summed E-state index contributed by atoms with van der Waals surface area (Å²) in [7, 11) is 3.01. The highest BCUT2D eigenvalue weighted by atomic mass is 79.9. The number of methoxy groups -OCH3 is 2. The largest absolute Gasteiger partial charge is 0.495 e. The maximum Gasteiger partial charge on any atom is 0.255 e. The smallest absolute Gasteiger partial charge is 0.255 e. The second-order valence-electron chi connectivity index (χ2n) is 5.28. The van der Waals surface area contributed by atoms with Gasteiger partial charge < -0.3 is 19.5 Å². The minimum atomic E-state index is -0.284. The first-order chi connectivity index (χ1) is 12.0. The summed E-state index contributed by atoms with van der Waals surface area (Å²) in [5, 5.41) is 3.22. The number of carbonyl (C=O) groups is 1. The van der Waals surface area contributed by atoms with Crippen molar-refractivity contribution >= 4 is 45.2 Å². The van der Waals surface area contributed by atoms with Crippen LogP contribution in [0.4, 0.5) is 5.69 Å². The molecule has 2 aromatic carbocycles. The van der Waals surface area contributed by atoms with Gasteiger partial charge in [-0.15, -0.1) is 0 Å². The molecule has 0 saturated carbocycles. The van der Waals surface area contributed by atoms with Gasteiger partial charge in [-0.3, -0.25) is 4.79 Å². The molecule has 0 bridgehead atoms. The van der Waals surface area contributed by atoms with Crippen molar-refractivity contribution in [1.82, 2.24) is 0 Å². The van der Waals surface area contributed by atoms with Gasteiger partial charge in [-0.2, -0.15) is 0 Å². The van der Waals surface area contributed by atoms with Gasteiger partial charge in [0.2, 0.25) is 0 Å². The highest BCUT2D eigenvalue weighted by Gasteiger charge is 2.19. The fraction of sp³-hybridized carbons (Fsp3) is 0.167. The Bertz CT molecular complexity index is 866. The monoisotopic (exact) mass is 423 g/mol. The molecule has 130 valence electrons. The summed E-state index contributed by atoms with van der Waals surface area (Å²) in [4.78, 5) is 12.6. The Morgan fingerprint density at radius 3 is 2.68 bits per heavy atom. The van der Waals surface area contributed by atoms with Gasteiger partial charge in [-0.05, 0) is 24.3 Å². The Labute approximate surface area is 158 Å². The number of halogens is 2. The molecule has 0 aromatic heterocycles. The van der Waals surface area contributed by atoms with Gasteiger partial charge in [0.15, 0.2) is 0 Å². The third-order valence-electron chi connectivity index (χ3n) is 3.70. The van der Waals surface area contributed by atoms with Crippen LogP contribution in [-0.2, 0) is 4.79 Å². The topological polar surface area (TPSA) is 56.8 Å². The molecule has 1 aliphatic heterocycles. The molecule has 25 heavy (non-hydrogen) atoms. The first kappa shape index (κ1) is 17.6. The van der Waals surface area contributed by atoms with E-state index in [4.69, 9.17) is 25.8 Å². The number of anilines is 1. The zero-order valence-electron chi connectivity index (χ0n) is 13.6. The van der Waals surface area contributed by atoms with E-state index >= 15 is 0 Å². The lowest BCUT2D eigenvalue weighted by Gasteiger charge is -2.19. The summed E-state index contributed by atoms with van der Waals surface area (Å²) in [6, 6.07) is 8.86. The van der Waals surface area contributed by atoms with Crippen LogP contribution in [0.5, 0.6) is 17.2 Å². The summed E-state index contributed by atoms with van der Waals surface area (Å²) in [5.74, 6) is 1.35. The van der Waals surface area contributed by atoms with Gasteiger partial charge in [0.05, 0.1) is 30.5 Å². The molecule has 1 N–H and O–H groups in total. The van der Waals surface area contributed by atoms with E-state index in [1.165, 1.54) is 14.2 Å². The molecule has 1 amide bonds. The van der Waals surface area contributed by atoms with Crippen LogP contribution in [0.1, 0.15) is 5.56 Å². The quantitative estimate of drug-likeness (QED) is 0.783. The molecule has 2 aromatic rings. The summed E-state index contributed by atoms with van der Waals surface area (Å²) < 4.78 is 17.0. The first-order valence-electron chi connectivity index (χ1n) is 7.37. The van der Waals surface area contributed by atoms with Crippen LogP contribution in [0.25, 0.3) is 6.08 Å². The van der Waals surface area contributed by atoms with E-state index in [1.54, 1.807) is 18.2 Å². The fourth-order valence-corrected chi connectivity index (χ4v) is 3.05. The van der Waals surface area contributed by atoms with Gasteiger partial charge in [0.25, 0.3) is 5.91 Å². The first-order valence-corrected chi connectivity index (χ1v) is 8.54. The molecule has 0 aliphatic carbocycles. The molecule has 0 radical (unpaired) electrons. The maximum absolute atomic E-state index is 12.6. The van der Waals surface area contributed by atoms with E-state index < -0.39 is 0 Å². The highest BCUT2D eigenvalue weighted by molar-refractivity contribution is 9.10. The van der Waals surface area contributed by atoms with Crippen molar-refractivity contribution in [3.8, 4) is 17.2 Å². The van der Waals surface area contributed by atoms with E-state index in [-0.39, 0.29) is 12.5 Å². The second-order valence-corrected chi connectivity index (χ2v) is 6.60. The van der Waals surface area contributed by atoms with E-state index in [2.05, 4.69) is 21.2 Å². The van der Waals surface area contributed by atoms with Crippen molar-refractivity contribution in [2.45, 2.75) is 0 Å². The van der Waals surface area contributed by atoms with Crippen LogP contribution in [-0.4, -0.2) is 26.7 Å². The molecular formula is C18H15BrClNO4. The predicted molar refractivity (Wildman–Crippen MR) is 101 cm³/mol. The van der Waals surface area contributed by atoms with Crippen molar-refractivity contribution in [3.05, 3.63) is 51.0 Å². The van der Waals surface area contributed by atoms with Crippen LogP contribution in [0, 0.1) is 0 Å². The second kappa shape index (κ2) is 7.37. The Hall–Kier alpha value is -2.18. The number of hydrogen-bond acceptors (Lipinski definition) is 4. The van der Waals surface area contributed by atoms with E-state index in [0.717, 1.165) is 15.8 Å². The average Bonchev–Trinajstić information content (AvgIpc) is 2.61. The SMILES string of the molecule is COc1cc(NC(=O)C2=Cc3cc(Br)ccc3OC2)c(OC)cc1Cl. The molecule has 1 aliphatic rings. The summed E-state index contributed by atoms with van der Waals surface area (Å²) >= 11 is 9.50. The van der Waals surface area contributed by atoms with Crippen molar-refractivity contribution < 1.29 is 19.0 Å². The Morgan fingerprint density at radius 2 is 1.96 bits per heavy atom. The Balaban J connectivity index is 1.88. The number of benzene rings is 2. The minimum Gasteiger partial charge on any atom is -0.495 e. The molecular weight excluding hydrogens is 410 g/mol. The van der Waals surface area contributed by atoms with E-state index in [9.17, 15) is 4.79 Å². The van der Waals surface area contributed by atoms with Crippen LogP contribution in [0.15, 0.2) is 40.4 Å². The van der Waals surface area contributed by atoms with Crippen LogP contribution >= 0.6 is 27.5 Å². The number of amides is 1. The number of ether oxygens (including phenoxy) is 3. The van der Waals surface area contributed by atoms with Crippen molar-refractivity contribution in [2.75, 3.05) is 26.1 Å². The lowest BCUT2D eigenvalue weighted by Crippen LogP contribution is -2.21. The van der Waals surface area contributed by atoms with E-state index in [0.29, 0.717) is 27.8 Å². The lowest BCUT2D eigenvalue weighted by molar-refractivity contribution is -0.113. The van der Waals surface area contributed by atoms with E-state index in [1.807, 2.05) is 18.2 Å². The maximum atomic E-state index is 12.6. The molecule has 0 unspecified atom stereocenters. The van der Waals surface area contributed by atoms with Gasteiger partial charge >= 0.3 is 0 Å². The summed E-state index contributed by atoms with van der Waals surface area (Å²) in [5.41, 5.74) is 1.81. The normalized spacial score (nSPS) is 12.6.